The highest BCUT2D eigenvalue weighted by Crippen LogP contribution is 2.26. The average Bonchev–Trinajstić information content (AvgIpc) is 2.43. The molecule has 4 nitrogen and oxygen atoms in total. The van der Waals surface area contributed by atoms with Gasteiger partial charge < -0.3 is 10.0 Å². The molecule has 2 aromatic rings. The van der Waals surface area contributed by atoms with E-state index in [2.05, 4.69) is 22.0 Å². The van der Waals surface area contributed by atoms with Crippen LogP contribution in [0.2, 0.25) is 0 Å². The number of aromatic nitrogens is 1. The molecule has 0 aliphatic heterocycles. The van der Waals surface area contributed by atoms with E-state index in [9.17, 15) is 4.79 Å². The summed E-state index contributed by atoms with van der Waals surface area (Å²) < 4.78 is 0. The van der Waals surface area contributed by atoms with Crippen molar-refractivity contribution in [3.8, 4) is 0 Å². The predicted octanol–water partition coefficient (Wildman–Crippen LogP) is 3.55. The van der Waals surface area contributed by atoms with Crippen molar-refractivity contribution in [1.29, 1.82) is 0 Å². The number of carboxylic acid groups (broad SMARTS) is 1. The van der Waals surface area contributed by atoms with Crippen LogP contribution in [0.1, 0.15) is 28.4 Å². The molecule has 0 saturated carbocycles. The molecule has 4 heteroatoms. The van der Waals surface area contributed by atoms with Gasteiger partial charge in [0.25, 0.3) is 0 Å². The lowest BCUT2D eigenvalue weighted by Crippen LogP contribution is -2.19. The molecule has 104 valence electrons. The summed E-state index contributed by atoms with van der Waals surface area (Å²) in [4.78, 5) is 17.3. The van der Waals surface area contributed by atoms with E-state index < -0.39 is 5.97 Å². The Balaban J connectivity index is 2.41. The third kappa shape index (κ3) is 2.79. The second kappa shape index (κ2) is 5.74. The van der Waals surface area contributed by atoms with Gasteiger partial charge in [0.2, 0.25) is 0 Å². The Morgan fingerprint density at radius 3 is 2.40 bits per heavy atom. The number of hydrogen-bond donors (Lipinski definition) is 1. The minimum absolute atomic E-state index is 0.214. The molecule has 2 rings (SSSR count). The SMILES string of the molecule is CCN(c1ccc(C)cc1)c1ncc(C(=O)O)cc1C. The molecule has 0 unspecified atom stereocenters. The summed E-state index contributed by atoms with van der Waals surface area (Å²) in [5, 5.41) is 8.99. The molecule has 0 spiro atoms. The maximum absolute atomic E-state index is 11.0. The van der Waals surface area contributed by atoms with Crippen molar-refractivity contribution < 1.29 is 9.90 Å². The van der Waals surface area contributed by atoms with Crippen LogP contribution >= 0.6 is 0 Å². The summed E-state index contributed by atoms with van der Waals surface area (Å²) in [5.41, 5.74) is 3.33. The molecule has 0 atom stereocenters. The maximum atomic E-state index is 11.0. The zero-order valence-electron chi connectivity index (χ0n) is 11.9. The van der Waals surface area contributed by atoms with Crippen molar-refractivity contribution in [3.63, 3.8) is 0 Å². The summed E-state index contributed by atoms with van der Waals surface area (Å²) in [7, 11) is 0. The standard InChI is InChI=1S/C16H18N2O2/c1-4-18(14-7-5-11(2)6-8-14)15-12(3)9-13(10-17-15)16(19)20/h5-10H,4H2,1-3H3,(H,19,20). The number of benzene rings is 1. The van der Waals surface area contributed by atoms with Gasteiger partial charge in [-0.1, -0.05) is 17.7 Å². The zero-order valence-corrected chi connectivity index (χ0v) is 11.9. The Bertz CT molecular complexity index is 621. The van der Waals surface area contributed by atoms with Crippen LogP contribution in [-0.2, 0) is 0 Å². The van der Waals surface area contributed by atoms with E-state index in [0.29, 0.717) is 0 Å². The van der Waals surface area contributed by atoms with Crippen molar-refractivity contribution in [2.45, 2.75) is 20.8 Å². The fourth-order valence-electron chi connectivity index (χ4n) is 2.15. The quantitative estimate of drug-likeness (QED) is 0.923. The molecule has 0 radical (unpaired) electrons. The number of hydrogen-bond acceptors (Lipinski definition) is 3. The predicted molar refractivity (Wildman–Crippen MR) is 79.8 cm³/mol. The number of carbonyl (C=O) groups is 1. The van der Waals surface area contributed by atoms with E-state index in [1.54, 1.807) is 6.07 Å². The van der Waals surface area contributed by atoms with Crippen LogP contribution in [0.4, 0.5) is 11.5 Å². The topological polar surface area (TPSA) is 53.4 Å². The fourth-order valence-corrected chi connectivity index (χ4v) is 2.15. The zero-order chi connectivity index (χ0) is 14.7. The number of pyridine rings is 1. The van der Waals surface area contributed by atoms with Crippen molar-refractivity contribution in [2.24, 2.45) is 0 Å². The van der Waals surface area contributed by atoms with Crippen molar-refractivity contribution in [1.82, 2.24) is 4.98 Å². The summed E-state index contributed by atoms with van der Waals surface area (Å²) in [6.45, 7) is 6.74. The Morgan fingerprint density at radius 2 is 1.90 bits per heavy atom. The van der Waals surface area contributed by atoms with Crippen molar-refractivity contribution in [2.75, 3.05) is 11.4 Å². The van der Waals surface area contributed by atoms with Crippen LogP contribution in [-0.4, -0.2) is 22.6 Å². The smallest absolute Gasteiger partial charge is 0.337 e. The van der Waals surface area contributed by atoms with E-state index in [1.165, 1.54) is 11.8 Å². The van der Waals surface area contributed by atoms with Crippen LogP contribution in [0.5, 0.6) is 0 Å². The minimum Gasteiger partial charge on any atom is -0.478 e. The van der Waals surface area contributed by atoms with Gasteiger partial charge in [-0.15, -0.1) is 0 Å². The summed E-state index contributed by atoms with van der Waals surface area (Å²) in [5.74, 6) is -0.160. The lowest BCUT2D eigenvalue weighted by molar-refractivity contribution is 0.0696. The molecule has 0 amide bonds. The molecule has 1 heterocycles. The molecule has 20 heavy (non-hydrogen) atoms. The minimum atomic E-state index is -0.953. The second-order valence-electron chi connectivity index (χ2n) is 4.75. The van der Waals surface area contributed by atoms with Crippen LogP contribution < -0.4 is 4.90 Å². The first-order valence-corrected chi connectivity index (χ1v) is 6.57. The van der Waals surface area contributed by atoms with Crippen LogP contribution in [0.15, 0.2) is 36.5 Å². The highest BCUT2D eigenvalue weighted by atomic mass is 16.4. The van der Waals surface area contributed by atoms with Crippen LogP contribution in [0, 0.1) is 13.8 Å². The molecule has 1 aromatic heterocycles. The van der Waals surface area contributed by atoms with Crippen molar-refractivity contribution >= 4 is 17.5 Å². The summed E-state index contributed by atoms with van der Waals surface area (Å²) in [6.07, 6.45) is 1.40. The van der Waals surface area contributed by atoms with Gasteiger partial charge in [0.15, 0.2) is 0 Å². The van der Waals surface area contributed by atoms with E-state index in [-0.39, 0.29) is 5.56 Å². The van der Waals surface area contributed by atoms with E-state index in [1.807, 2.05) is 32.9 Å². The number of rotatable bonds is 4. The number of nitrogens with zero attached hydrogens (tertiary/aromatic N) is 2. The molecular weight excluding hydrogens is 252 g/mol. The summed E-state index contributed by atoms with van der Waals surface area (Å²) >= 11 is 0. The molecule has 1 aromatic carbocycles. The Hall–Kier alpha value is -2.36. The van der Waals surface area contributed by atoms with Gasteiger partial charge in [0, 0.05) is 18.4 Å². The maximum Gasteiger partial charge on any atom is 0.337 e. The number of aryl methyl sites for hydroxylation is 2. The third-order valence-corrected chi connectivity index (χ3v) is 3.22. The lowest BCUT2D eigenvalue weighted by Gasteiger charge is -2.24. The number of anilines is 2. The average molecular weight is 270 g/mol. The lowest BCUT2D eigenvalue weighted by atomic mass is 10.1. The second-order valence-corrected chi connectivity index (χ2v) is 4.75. The van der Waals surface area contributed by atoms with Crippen LogP contribution in [0.3, 0.4) is 0 Å². The molecule has 0 aliphatic rings. The highest BCUT2D eigenvalue weighted by Gasteiger charge is 2.13. The summed E-state index contributed by atoms with van der Waals surface area (Å²) in [6, 6.07) is 9.86. The molecule has 0 saturated heterocycles. The first-order chi connectivity index (χ1) is 9.52. The molecule has 0 fully saturated rings. The first kappa shape index (κ1) is 14.1. The first-order valence-electron chi connectivity index (χ1n) is 6.57. The largest absolute Gasteiger partial charge is 0.478 e. The van der Waals surface area contributed by atoms with Gasteiger partial charge in [-0.3, -0.25) is 0 Å². The van der Waals surface area contributed by atoms with Gasteiger partial charge in [0.05, 0.1) is 5.56 Å². The Morgan fingerprint density at radius 1 is 1.25 bits per heavy atom. The van der Waals surface area contributed by atoms with E-state index in [4.69, 9.17) is 5.11 Å². The van der Waals surface area contributed by atoms with Gasteiger partial charge in [-0.2, -0.15) is 0 Å². The van der Waals surface area contributed by atoms with E-state index >= 15 is 0 Å². The van der Waals surface area contributed by atoms with Crippen LogP contribution in [0.25, 0.3) is 0 Å². The normalized spacial score (nSPS) is 10.3. The van der Waals surface area contributed by atoms with Crippen molar-refractivity contribution in [3.05, 3.63) is 53.2 Å². The van der Waals surface area contributed by atoms with E-state index in [0.717, 1.165) is 23.6 Å². The Kier molecular flexibility index (Phi) is 4.03. The van der Waals surface area contributed by atoms with Gasteiger partial charge >= 0.3 is 5.97 Å². The van der Waals surface area contributed by atoms with Gasteiger partial charge in [-0.25, -0.2) is 9.78 Å². The molecule has 0 aliphatic carbocycles. The Labute approximate surface area is 118 Å². The van der Waals surface area contributed by atoms with Gasteiger partial charge in [-0.05, 0) is 44.5 Å². The van der Waals surface area contributed by atoms with Gasteiger partial charge in [0.1, 0.15) is 5.82 Å². The molecule has 1 N–H and O–H groups in total. The molecular formula is C16H18N2O2. The number of aromatic carboxylic acids is 1. The number of carboxylic acids is 1. The highest BCUT2D eigenvalue weighted by molar-refractivity contribution is 5.88. The molecule has 0 bridgehead atoms. The third-order valence-electron chi connectivity index (χ3n) is 3.22. The fraction of sp³-hybridized carbons (Fsp3) is 0.250. The monoisotopic (exact) mass is 270 g/mol.